The smallest absolute Gasteiger partial charge is 0.0950 e. The predicted molar refractivity (Wildman–Crippen MR) is 61.7 cm³/mol. The summed E-state index contributed by atoms with van der Waals surface area (Å²) >= 11 is 0. The van der Waals surface area contributed by atoms with Gasteiger partial charge in [0.1, 0.15) is 0 Å². The first-order valence-electron chi connectivity index (χ1n) is 6.15. The quantitative estimate of drug-likeness (QED) is 0.740. The van der Waals surface area contributed by atoms with E-state index in [-0.39, 0.29) is 0 Å². The van der Waals surface area contributed by atoms with Crippen LogP contribution < -0.4 is 5.32 Å². The molecule has 0 spiro atoms. The summed E-state index contributed by atoms with van der Waals surface area (Å²) in [5.74, 6) is 1.02. The molecule has 1 aliphatic carbocycles. The maximum absolute atomic E-state index is 5.16. The van der Waals surface area contributed by atoms with Gasteiger partial charge < -0.3 is 9.73 Å². The van der Waals surface area contributed by atoms with Gasteiger partial charge in [0, 0.05) is 11.6 Å². The molecule has 1 unspecified atom stereocenters. The van der Waals surface area contributed by atoms with E-state index in [1.54, 1.807) is 6.26 Å². The Kier molecular flexibility index (Phi) is 3.84. The van der Waals surface area contributed by atoms with Crippen LogP contribution in [-0.4, -0.2) is 6.54 Å². The summed E-state index contributed by atoms with van der Waals surface area (Å²) in [4.78, 5) is 0. The largest absolute Gasteiger partial charge is 0.472 e. The minimum absolute atomic E-state index is 0.504. The average Bonchev–Trinajstić information content (AvgIpc) is 2.92. The molecule has 2 nitrogen and oxygen atoms in total. The van der Waals surface area contributed by atoms with Gasteiger partial charge in [0.15, 0.2) is 0 Å². The molecule has 0 amide bonds. The lowest BCUT2D eigenvalue weighted by Gasteiger charge is -2.16. The minimum Gasteiger partial charge on any atom is -0.472 e. The van der Waals surface area contributed by atoms with Crippen LogP contribution in [0.5, 0.6) is 0 Å². The summed E-state index contributed by atoms with van der Waals surface area (Å²) < 4.78 is 5.16. The third kappa shape index (κ3) is 3.38. The molecule has 0 saturated heterocycles. The van der Waals surface area contributed by atoms with Crippen LogP contribution in [0.4, 0.5) is 0 Å². The summed E-state index contributed by atoms with van der Waals surface area (Å²) in [6.45, 7) is 3.31. The van der Waals surface area contributed by atoms with Gasteiger partial charge in [-0.1, -0.05) is 19.8 Å². The van der Waals surface area contributed by atoms with Gasteiger partial charge in [-0.25, -0.2) is 0 Å². The van der Waals surface area contributed by atoms with E-state index >= 15 is 0 Å². The number of hydrogen-bond acceptors (Lipinski definition) is 2. The molecule has 1 saturated carbocycles. The zero-order chi connectivity index (χ0) is 10.5. The van der Waals surface area contributed by atoms with Crippen molar-refractivity contribution in [2.24, 2.45) is 5.92 Å². The Labute approximate surface area is 92.1 Å². The van der Waals surface area contributed by atoms with Crippen LogP contribution in [0.2, 0.25) is 0 Å². The molecule has 1 fully saturated rings. The highest BCUT2D eigenvalue weighted by Gasteiger charge is 2.23. The molecule has 0 radical (unpaired) electrons. The third-order valence-electron chi connectivity index (χ3n) is 3.15. The van der Waals surface area contributed by atoms with Gasteiger partial charge in [-0.2, -0.15) is 0 Å². The second-order valence-electron chi connectivity index (χ2n) is 4.58. The van der Waals surface area contributed by atoms with E-state index in [1.807, 2.05) is 6.26 Å². The van der Waals surface area contributed by atoms with Crippen LogP contribution in [0.25, 0.3) is 0 Å². The first-order valence-corrected chi connectivity index (χ1v) is 6.15. The van der Waals surface area contributed by atoms with Gasteiger partial charge >= 0.3 is 0 Å². The highest BCUT2D eigenvalue weighted by molar-refractivity contribution is 5.11. The summed E-state index contributed by atoms with van der Waals surface area (Å²) in [6.07, 6.45) is 10.4. The van der Waals surface area contributed by atoms with Gasteiger partial charge in [-0.3, -0.25) is 0 Å². The fourth-order valence-electron chi connectivity index (χ4n) is 1.99. The number of hydrogen-bond donors (Lipinski definition) is 1. The predicted octanol–water partition coefficient (Wildman–Crippen LogP) is 3.51. The maximum atomic E-state index is 5.16. The summed E-state index contributed by atoms with van der Waals surface area (Å²) in [5.41, 5.74) is 1.31. The molecule has 15 heavy (non-hydrogen) atoms. The lowest BCUT2D eigenvalue weighted by atomic mass is 10.0. The van der Waals surface area contributed by atoms with Crippen molar-refractivity contribution in [3.63, 3.8) is 0 Å². The van der Waals surface area contributed by atoms with E-state index in [4.69, 9.17) is 4.42 Å². The number of furan rings is 1. The number of nitrogens with one attached hydrogen (secondary N) is 1. The second kappa shape index (κ2) is 5.36. The summed E-state index contributed by atoms with van der Waals surface area (Å²) in [6, 6.07) is 2.59. The molecule has 1 aliphatic rings. The zero-order valence-corrected chi connectivity index (χ0v) is 9.54. The van der Waals surface area contributed by atoms with Crippen LogP contribution in [-0.2, 0) is 0 Å². The third-order valence-corrected chi connectivity index (χ3v) is 3.15. The van der Waals surface area contributed by atoms with Crippen LogP contribution in [0, 0.1) is 5.92 Å². The summed E-state index contributed by atoms with van der Waals surface area (Å²) in [7, 11) is 0. The standard InChI is InChI=1S/C13H21NO/c1-2-8-14-13(6-5-11-3-4-11)12-7-9-15-10-12/h7,9-11,13-14H,2-6,8H2,1H3. The highest BCUT2D eigenvalue weighted by Crippen LogP contribution is 2.35. The lowest BCUT2D eigenvalue weighted by Crippen LogP contribution is -2.21. The molecule has 1 aromatic heterocycles. The fourth-order valence-corrected chi connectivity index (χ4v) is 1.99. The Bertz CT molecular complexity index is 264. The van der Waals surface area contributed by atoms with Crippen molar-refractivity contribution < 1.29 is 4.42 Å². The van der Waals surface area contributed by atoms with Gasteiger partial charge in [0.25, 0.3) is 0 Å². The molecular weight excluding hydrogens is 186 g/mol. The normalized spacial score (nSPS) is 17.9. The fraction of sp³-hybridized carbons (Fsp3) is 0.692. The monoisotopic (exact) mass is 207 g/mol. The van der Waals surface area contributed by atoms with Crippen molar-refractivity contribution in [1.29, 1.82) is 0 Å². The van der Waals surface area contributed by atoms with E-state index in [0.29, 0.717) is 6.04 Å². The van der Waals surface area contributed by atoms with Crippen molar-refractivity contribution in [3.8, 4) is 0 Å². The Morgan fingerprint density at radius 3 is 3.00 bits per heavy atom. The Morgan fingerprint density at radius 1 is 1.53 bits per heavy atom. The Hall–Kier alpha value is -0.760. The van der Waals surface area contributed by atoms with Crippen molar-refractivity contribution in [1.82, 2.24) is 5.32 Å². The van der Waals surface area contributed by atoms with Gasteiger partial charge in [0.05, 0.1) is 12.5 Å². The molecule has 1 atom stereocenters. The van der Waals surface area contributed by atoms with E-state index in [0.717, 1.165) is 12.5 Å². The van der Waals surface area contributed by atoms with E-state index in [1.165, 1.54) is 37.7 Å². The first-order chi connectivity index (χ1) is 7.40. The van der Waals surface area contributed by atoms with Gasteiger partial charge in [-0.15, -0.1) is 0 Å². The molecule has 2 heteroatoms. The topological polar surface area (TPSA) is 25.2 Å². The van der Waals surface area contributed by atoms with Crippen LogP contribution in [0.1, 0.15) is 50.6 Å². The van der Waals surface area contributed by atoms with Gasteiger partial charge in [0.2, 0.25) is 0 Å². The SMILES string of the molecule is CCCNC(CCC1CC1)c1ccoc1. The van der Waals surface area contributed by atoms with Crippen LogP contribution in [0.15, 0.2) is 23.0 Å². The van der Waals surface area contributed by atoms with Gasteiger partial charge in [-0.05, 0) is 37.8 Å². The Balaban J connectivity index is 1.83. The van der Waals surface area contributed by atoms with E-state index in [9.17, 15) is 0 Å². The molecule has 1 aromatic rings. The second-order valence-corrected chi connectivity index (χ2v) is 4.58. The molecule has 1 heterocycles. The summed E-state index contributed by atoms with van der Waals surface area (Å²) in [5, 5.41) is 3.59. The van der Waals surface area contributed by atoms with E-state index < -0.39 is 0 Å². The lowest BCUT2D eigenvalue weighted by molar-refractivity contribution is 0.463. The maximum Gasteiger partial charge on any atom is 0.0950 e. The molecule has 0 aromatic carbocycles. The molecule has 1 N–H and O–H groups in total. The Morgan fingerprint density at radius 2 is 2.40 bits per heavy atom. The molecule has 2 rings (SSSR count). The minimum atomic E-state index is 0.504. The molecule has 0 bridgehead atoms. The molecular formula is C13H21NO. The van der Waals surface area contributed by atoms with Crippen molar-refractivity contribution >= 4 is 0 Å². The van der Waals surface area contributed by atoms with Crippen molar-refractivity contribution in [2.45, 2.75) is 45.1 Å². The highest BCUT2D eigenvalue weighted by atomic mass is 16.3. The van der Waals surface area contributed by atoms with Crippen molar-refractivity contribution in [2.75, 3.05) is 6.54 Å². The molecule has 0 aliphatic heterocycles. The van der Waals surface area contributed by atoms with Crippen molar-refractivity contribution in [3.05, 3.63) is 24.2 Å². The first kappa shape index (κ1) is 10.7. The van der Waals surface area contributed by atoms with Crippen LogP contribution in [0.3, 0.4) is 0 Å². The molecule has 84 valence electrons. The zero-order valence-electron chi connectivity index (χ0n) is 9.54. The van der Waals surface area contributed by atoms with Crippen LogP contribution >= 0.6 is 0 Å². The van der Waals surface area contributed by atoms with E-state index in [2.05, 4.69) is 18.3 Å². The number of rotatable bonds is 7. The average molecular weight is 207 g/mol.